The first-order valence-corrected chi connectivity index (χ1v) is 5.25. The summed E-state index contributed by atoms with van der Waals surface area (Å²) in [5.74, 6) is 0. The van der Waals surface area contributed by atoms with Crippen LogP contribution >= 0.6 is 11.8 Å². The highest BCUT2D eigenvalue weighted by molar-refractivity contribution is 7.99. The molecule has 4 heteroatoms. The van der Waals surface area contributed by atoms with Crippen molar-refractivity contribution in [2.45, 2.75) is 17.0 Å². The lowest BCUT2D eigenvalue weighted by atomic mass is 10.2. The predicted octanol–water partition coefficient (Wildman–Crippen LogP) is 2.95. The Morgan fingerprint density at radius 2 is 2.07 bits per heavy atom. The minimum atomic E-state index is 0.617. The highest BCUT2D eigenvalue weighted by Crippen LogP contribution is 2.26. The first-order valence-electron chi connectivity index (χ1n) is 4.43. The van der Waals surface area contributed by atoms with Crippen LogP contribution in [-0.4, -0.2) is 11.3 Å². The number of aldehydes is 1. The maximum atomic E-state index is 10.4. The molecule has 1 aromatic carbocycles. The third-order valence-electron chi connectivity index (χ3n) is 1.82. The van der Waals surface area contributed by atoms with E-state index in [-0.39, 0.29) is 0 Å². The summed E-state index contributed by atoms with van der Waals surface area (Å²) in [7, 11) is 0. The Bertz CT molecular complexity index is 462. The van der Waals surface area contributed by atoms with Crippen LogP contribution in [0.1, 0.15) is 16.1 Å². The van der Waals surface area contributed by atoms with E-state index in [0.29, 0.717) is 10.8 Å². The van der Waals surface area contributed by atoms with E-state index in [4.69, 9.17) is 4.42 Å². The van der Waals surface area contributed by atoms with Crippen molar-refractivity contribution in [1.29, 1.82) is 0 Å². The second-order valence-corrected chi connectivity index (χ2v) is 4.07. The fourth-order valence-corrected chi connectivity index (χ4v) is 1.85. The van der Waals surface area contributed by atoms with Gasteiger partial charge in [0, 0.05) is 10.5 Å². The largest absolute Gasteiger partial charge is 0.439 e. The molecule has 0 aliphatic rings. The summed E-state index contributed by atoms with van der Waals surface area (Å²) in [5, 5.41) is 0.617. The van der Waals surface area contributed by atoms with Crippen LogP contribution in [0.25, 0.3) is 0 Å². The molecule has 0 N–H and O–H groups in total. The van der Waals surface area contributed by atoms with Gasteiger partial charge in [-0.3, -0.25) is 4.79 Å². The summed E-state index contributed by atoms with van der Waals surface area (Å²) in [6, 6.07) is 7.28. The maximum Gasteiger partial charge on any atom is 0.260 e. The number of hydrogen-bond acceptors (Lipinski definition) is 4. The molecule has 0 fully saturated rings. The third kappa shape index (κ3) is 2.47. The summed E-state index contributed by atoms with van der Waals surface area (Å²) in [4.78, 5) is 15.6. The molecular formula is C11H9NO2S. The minimum Gasteiger partial charge on any atom is -0.439 e. The second kappa shape index (κ2) is 4.31. The molecule has 0 saturated carbocycles. The fourth-order valence-electron chi connectivity index (χ4n) is 1.09. The molecule has 0 amide bonds. The number of nitrogens with zero attached hydrogens (tertiary/aromatic N) is 1. The Kier molecular flexibility index (Phi) is 2.87. The van der Waals surface area contributed by atoms with Crippen LogP contribution in [0.2, 0.25) is 0 Å². The number of aromatic nitrogens is 1. The van der Waals surface area contributed by atoms with Crippen LogP contribution in [-0.2, 0) is 0 Å². The molecule has 0 atom stereocenters. The quantitative estimate of drug-likeness (QED) is 0.744. The van der Waals surface area contributed by atoms with E-state index < -0.39 is 0 Å². The number of carbonyl (C=O) groups excluding carboxylic acids is 1. The Morgan fingerprint density at radius 1 is 1.33 bits per heavy atom. The molecule has 76 valence electrons. The van der Waals surface area contributed by atoms with Crippen molar-refractivity contribution >= 4 is 18.0 Å². The molecule has 0 saturated heterocycles. The van der Waals surface area contributed by atoms with E-state index in [1.807, 2.05) is 19.1 Å². The standard InChI is InChI=1S/C11H9NO2S/c1-8-7-14-11(12-8)15-10-4-2-9(6-13)3-5-10/h2-7H,1H3. The van der Waals surface area contributed by atoms with Crippen molar-refractivity contribution in [2.75, 3.05) is 0 Å². The molecular weight excluding hydrogens is 210 g/mol. The van der Waals surface area contributed by atoms with Crippen LogP contribution in [0.4, 0.5) is 0 Å². The normalized spacial score (nSPS) is 10.2. The van der Waals surface area contributed by atoms with E-state index in [1.54, 1.807) is 18.4 Å². The average Bonchev–Trinajstić information content (AvgIpc) is 2.65. The van der Waals surface area contributed by atoms with Gasteiger partial charge >= 0.3 is 0 Å². The molecule has 1 aromatic heterocycles. The number of aryl methyl sites for hydroxylation is 1. The van der Waals surface area contributed by atoms with Crippen molar-refractivity contribution in [3.63, 3.8) is 0 Å². The van der Waals surface area contributed by atoms with Crippen LogP contribution in [0.5, 0.6) is 0 Å². The van der Waals surface area contributed by atoms with Gasteiger partial charge in [-0.25, -0.2) is 4.98 Å². The van der Waals surface area contributed by atoms with Crippen molar-refractivity contribution in [1.82, 2.24) is 4.98 Å². The number of benzene rings is 1. The summed E-state index contributed by atoms with van der Waals surface area (Å²) >= 11 is 1.43. The van der Waals surface area contributed by atoms with E-state index in [9.17, 15) is 4.79 Å². The Hall–Kier alpha value is -1.55. The number of hydrogen-bond donors (Lipinski definition) is 0. The van der Waals surface area contributed by atoms with E-state index in [0.717, 1.165) is 16.9 Å². The van der Waals surface area contributed by atoms with Crippen LogP contribution in [0, 0.1) is 6.92 Å². The van der Waals surface area contributed by atoms with Gasteiger partial charge in [-0.15, -0.1) is 0 Å². The van der Waals surface area contributed by atoms with Crippen molar-refractivity contribution in [3.05, 3.63) is 41.8 Å². The molecule has 0 unspecified atom stereocenters. The molecule has 3 nitrogen and oxygen atoms in total. The zero-order valence-corrected chi connectivity index (χ0v) is 8.95. The van der Waals surface area contributed by atoms with Gasteiger partial charge in [0.2, 0.25) is 0 Å². The van der Waals surface area contributed by atoms with E-state index in [2.05, 4.69) is 4.98 Å². The summed E-state index contributed by atoms with van der Waals surface area (Å²) in [6.07, 6.45) is 2.44. The monoisotopic (exact) mass is 219 g/mol. The topological polar surface area (TPSA) is 43.1 Å². The number of oxazole rings is 1. The Labute approximate surface area is 91.5 Å². The molecule has 0 aliphatic carbocycles. The third-order valence-corrected chi connectivity index (χ3v) is 2.69. The van der Waals surface area contributed by atoms with Gasteiger partial charge in [0.05, 0.1) is 5.69 Å². The second-order valence-electron chi connectivity index (χ2n) is 3.04. The van der Waals surface area contributed by atoms with Gasteiger partial charge in [0.25, 0.3) is 5.22 Å². The average molecular weight is 219 g/mol. The first-order chi connectivity index (χ1) is 7.28. The Morgan fingerprint density at radius 3 is 2.60 bits per heavy atom. The summed E-state index contributed by atoms with van der Waals surface area (Å²) in [5.41, 5.74) is 1.53. The minimum absolute atomic E-state index is 0.617. The Balaban J connectivity index is 2.14. The zero-order valence-electron chi connectivity index (χ0n) is 8.14. The van der Waals surface area contributed by atoms with Crippen LogP contribution in [0.3, 0.4) is 0 Å². The van der Waals surface area contributed by atoms with Crippen LogP contribution in [0.15, 0.2) is 45.1 Å². The van der Waals surface area contributed by atoms with E-state index in [1.165, 1.54) is 11.8 Å². The molecule has 2 rings (SSSR count). The smallest absolute Gasteiger partial charge is 0.260 e. The highest BCUT2D eigenvalue weighted by Gasteiger charge is 2.03. The van der Waals surface area contributed by atoms with Gasteiger partial charge < -0.3 is 4.42 Å². The molecule has 0 spiro atoms. The predicted molar refractivity (Wildman–Crippen MR) is 57.2 cm³/mol. The van der Waals surface area contributed by atoms with Gasteiger partial charge in [-0.2, -0.15) is 0 Å². The van der Waals surface area contributed by atoms with Crippen molar-refractivity contribution in [3.8, 4) is 0 Å². The molecule has 0 radical (unpaired) electrons. The molecule has 0 aliphatic heterocycles. The van der Waals surface area contributed by atoms with Gasteiger partial charge in [-0.05, 0) is 30.8 Å². The van der Waals surface area contributed by atoms with E-state index >= 15 is 0 Å². The molecule has 0 bridgehead atoms. The van der Waals surface area contributed by atoms with Crippen molar-refractivity contribution < 1.29 is 9.21 Å². The maximum absolute atomic E-state index is 10.4. The first kappa shape index (κ1) is 9.98. The molecule has 15 heavy (non-hydrogen) atoms. The van der Waals surface area contributed by atoms with Gasteiger partial charge in [0.1, 0.15) is 12.5 Å². The fraction of sp³-hybridized carbons (Fsp3) is 0.0909. The summed E-state index contributed by atoms with van der Waals surface area (Å²) in [6.45, 7) is 1.88. The number of carbonyl (C=O) groups is 1. The zero-order chi connectivity index (χ0) is 10.7. The number of rotatable bonds is 3. The highest BCUT2D eigenvalue weighted by atomic mass is 32.2. The summed E-state index contributed by atoms with van der Waals surface area (Å²) < 4.78 is 5.21. The van der Waals surface area contributed by atoms with Gasteiger partial charge in [-0.1, -0.05) is 12.1 Å². The lowest BCUT2D eigenvalue weighted by molar-refractivity contribution is 0.112. The van der Waals surface area contributed by atoms with Crippen LogP contribution < -0.4 is 0 Å². The lowest BCUT2D eigenvalue weighted by Crippen LogP contribution is -1.79. The lowest BCUT2D eigenvalue weighted by Gasteiger charge is -1.96. The molecule has 2 aromatic rings. The van der Waals surface area contributed by atoms with Crippen molar-refractivity contribution in [2.24, 2.45) is 0 Å². The van der Waals surface area contributed by atoms with Gasteiger partial charge in [0.15, 0.2) is 0 Å². The SMILES string of the molecule is Cc1coc(Sc2ccc(C=O)cc2)n1. The molecule has 1 heterocycles.